The number of carbonyl (C=O) groups is 1. The van der Waals surface area contributed by atoms with Gasteiger partial charge in [-0.1, -0.05) is 48.2 Å². The highest BCUT2D eigenvalue weighted by atomic mass is 32.2. The van der Waals surface area contributed by atoms with Gasteiger partial charge in [0, 0.05) is 12.2 Å². The van der Waals surface area contributed by atoms with E-state index in [1.807, 2.05) is 30.3 Å². The van der Waals surface area contributed by atoms with Crippen LogP contribution >= 0.6 is 23.5 Å². The van der Waals surface area contributed by atoms with E-state index in [1.165, 1.54) is 23.9 Å². The van der Waals surface area contributed by atoms with Gasteiger partial charge in [-0.05, 0) is 23.8 Å². The van der Waals surface area contributed by atoms with E-state index < -0.39 is 23.3 Å². The fourth-order valence-corrected chi connectivity index (χ4v) is 4.99. The van der Waals surface area contributed by atoms with Gasteiger partial charge in [0.05, 0.1) is 27.6 Å². The van der Waals surface area contributed by atoms with Crippen LogP contribution in [0.5, 0.6) is 0 Å². The number of carbonyl (C=O) groups excluding carboxylic acids is 1. The first-order valence-corrected chi connectivity index (χ1v) is 11.6. The van der Waals surface area contributed by atoms with Crippen LogP contribution in [0.2, 0.25) is 0 Å². The minimum atomic E-state index is -4.55. The number of esters is 1. The van der Waals surface area contributed by atoms with Crippen molar-refractivity contribution in [3.63, 3.8) is 0 Å². The van der Waals surface area contributed by atoms with Crippen molar-refractivity contribution in [1.82, 2.24) is 9.55 Å². The van der Waals surface area contributed by atoms with Crippen LogP contribution in [0.3, 0.4) is 0 Å². The number of thioether (sulfide) groups is 2. The van der Waals surface area contributed by atoms with Crippen molar-refractivity contribution in [3.8, 4) is 5.69 Å². The standard InChI is InChI=1S/C22H17F3N2O3S2/c23-22(24,25)15-7-4-8-16(11-15)27-20(29)19-17(9-10-31-19)26-21(27)32-13-18(28)30-12-14-5-2-1-3-6-14/h1-8,11H,9-10,12-13H2. The number of hydrogen-bond donors (Lipinski definition) is 0. The van der Waals surface area contributed by atoms with Crippen molar-refractivity contribution in [2.45, 2.75) is 29.3 Å². The number of halogens is 3. The van der Waals surface area contributed by atoms with Crippen LogP contribution in [-0.2, 0) is 28.7 Å². The minimum absolute atomic E-state index is 0.0489. The number of alkyl halides is 3. The molecule has 0 saturated carbocycles. The van der Waals surface area contributed by atoms with Crippen LogP contribution in [-0.4, -0.2) is 27.0 Å². The van der Waals surface area contributed by atoms with Gasteiger partial charge in [-0.25, -0.2) is 4.98 Å². The molecule has 0 atom stereocenters. The Labute approximate surface area is 190 Å². The van der Waals surface area contributed by atoms with E-state index in [1.54, 1.807) is 0 Å². The van der Waals surface area contributed by atoms with Gasteiger partial charge in [0.1, 0.15) is 6.61 Å². The zero-order valence-corrected chi connectivity index (χ0v) is 18.2. The second kappa shape index (κ2) is 9.41. The Morgan fingerprint density at radius 3 is 2.69 bits per heavy atom. The van der Waals surface area contributed by atoms with Crippen LogP contribution in [0.1, 0.15) is 16.8 Å². The average Bonchev–Trinajstić information content (AvgIpc) is 3.25. The molecular formula is C22H17F3N2O3S2. The largest absolute Gasteiger partial charge is 0.460 e. The van der Waals surface area contributed by atoms with Gasteiger partial charge in [-0.2, -0.15) is 13.2 Å². The summed E-state index contributed by atoms with van der Waals surface area (Å²) in [7, 11) is 0. The summed E-state index contributed by atoms with van der Waals surface area (Å²) in [6.45, 7) is 0.106. The highest BCUT2D eigenvalue weighted by Crippen LogP contribution is 2.33. The van der Waals surface area contributed by atoms with Crippen molar-refractivity contribution in [3.05, 3.63) is 81.8 Å². The number of aromatic nitrogens is 2. The molecule has 0 spiro atoms. The summed E-state index contributed by atoms with van der Waals surface area (Å²) in [6, 6.07) is 13.7. The second-order valence-corrected chi connectivity index (χ2v) is 8.94. The van der Waals surface area contributed by atoms with E-state index in [9.17, 15) is 22.8 Å². The van der Waals surface area contributed by atoms with E-state index >= 15 is 0 Å². The molecule has 0 unspecified atom stereocenters. The number of nitrogens with zero attached hydrogens (tertiary/aromatic N) is 2. The summed E-state index contributed by atoms with van der Waals surface area (Å²) in [5.74, 6) is 0.0240. The molecule has 166 valence electrons. The van der Waals surface area contributed by atoms with E-state index in [0.717, 1.165) is 34.0 Å². The first-order valence-electron chi connectivity index (χ1n) is 9.61. The molecule has 0 amide bonds. The maximum atomic E-state index is 13.2. The lowest BCUT2D eigenvalue weighted by Crippen LogP contribution is -2.24. The van der Waals surface area contributed by atoms with Crippen LogP contribution in [0.15, 0.2) is 69.4 Å². The Hall–Kier alpha value is -2.72. The lowest BCUT2D eigenvalue weighted by Gasteiger charge is -2.15. The van der Waals surface area contributed by atoms with Crippen LogP contribution in [0.4, 0.5) is 13.2 Å². The summed E-state index contributed by atoms with van der Waals surface area (Å²) in [5, 5.41) is 0.159. The van der Waals surface area contributed by atoms with E-state index in [-0.39, 0.29) is 23.2 Å². The Kier molecular flexibility index (Phi) is 6.61. The van der Waals surface area contributed by atoms with E-state index in [4.69, 9.17) is 4.74 Å². The maximum Gasteiger partial charge on any atom is 0.416 e. The summed E-state index contributed by atoms with van der Waals surface area (Å²) >= 11 is 2.30. The second-order valence-electron chi connectivity index (χ2n) is 6.89. The first kappa shape index (κ1) is 22.5. The Bertz CT molecular complexity index is 1200. The zero-order valence-electron chi connectivity index (χ0n) is 16.6. The van der Waals surface area contributed by atoms with Gasteiger partial charge in [0.15, 0.2) is 5.16 Å². The SMILES string of the molecule is O=C(CSc1nc2c(c(=O)n1-c1cccc(C(F)(F)F)c1)SCC2)OCc1ccccc1. The third kappa shape index (κ3) is 5.02. The first-order chi connectivity index (χ1) is 15.3. The van der Waals surface area contributed by atoms with Crippen molar-refractivity contribution >= 4 is 29.5 Å². The van der Waals surface area contributed by atoms with Crippen LogP contribution in [0.25, 0.3) is 5.69 Å². The van der Waals surface area contributed by atoms with Crippen LogP contribution < -0.4 is 5.56 Å². The molecule has 2 aromatic carbocycles. The number of hydrogen-bond acceptors (Lipinski definition) is 6. The Morgan fingerprint density at radius 2 is 1.94 bits per heavy atom. The molecule has 0 N–H and O–H groups in total. The molecule has 0 radical (unpaired) electrons. The van der Waals surface area contributed by atoms with Crippen molar-refractivity contribution in [2.24, 2.45) is 0 Å². The van der Waals surface area contributed by atoms with Crippen molar-refractivity contribution < 1.29 is 22.7 Å². The lowest BCUT2D eigenvalue weighted by molar-refractivity contribution is -0.141. The quantitative estimate of drug-likeness (QED) is 0.290. The molecule has 4 rings (SSSR count). The van der Waals surface area contributed by atoms with Gasteiger partial charge in [-0.15, -0.1) is 11.8 Å². The predicted octanol–water partition coefficient (Wildman–Crippen LogP) is 4.74. The number of fused-ring (bicyclic) bond motifs is 1. The van der Waals surface area contributed by atoms with Crippen molar-refractivity contribution in [2.75, 3.05) is 11.5 Å². The van der Waals surface area contributed by atoms with Gasteiger partial charge < -0.3 is 4.74 Å². The fourth-order valence-electron chi connectivity index (χ4n) is 3.14. The van der Waals surface area contributed by atoms with Crippen LogP contribution in [0, 0.1) is 0 Å². The molecule has 1 aliphatic rings. The average molecular weight is 479 g/mol. The molecule has 1 aliphatic heterocycles. The normalized spacial score (nSPS) is 13.1. The number of ether oxygens (including phenoxy) is 1. The van der Waals surface area contributed by atoms with Crippen molar-refractivity contribution in [1.29, 1.82) is 0 Å². The molecule has 1 aromatic heterocycles. The zero-order chi connectivity index (χ0) is 22.7. The predicted molar refractivity (Wildman–Crippen MR) is 116 cm³/mol. The monoisotopic (exact) mass is 478 g/mol. The molecule has 0 bridgehead atoms. The fraction of sp³-hybridized carbons (Fsp3) is 0.227. The lowest BCUT2D eigenvalue weighted by atomic mass is 10.2. The molecule has 32 heavy (non-hydrogen) atoms. The highest BCUT2D eigenvalue weighted by Gasteiger charge is 2.31. The molecule has 5 nitrogen and oxygen atoms in total. The summed E-state index contributed by atoms with van der Waals surface area (Å²) < 4.78 is 46.0. The summed E-state index contributed by atoms with van der Waals surface area (Å²) in [4.78, 5) is 30.2. The molecule has 2 heterocycles. The van der Waals surface area contributed by atoms with Gasteiger partial charge in [0.25, 0.3) is 5.56 Å². The molecular weight excluding hydrogens is 461 g/mol. The maximum absolute atomic E-state index is 13.2. The topological polar surface area (TPSA) is 61.2 Å². The summed E-state index contributed by atoms with van der Waals surface area (Å²) in [5.41, 5.74) is 0.181. The van der Waals surface area contributed by atoms with Gasteiger partial charge in [0.2, 0.25) is 0 Å². The molecule has 0 fully saturated rings. The molecule has 10 heteroatoms. The smallest absolute Gasteiger partial charge is 0.416 e. The molecule has 3 aromatic rings. The highest BCUT2D eigenvalue weighted by molar-refractivity contribution is 8.00. The molecule has 0 saturated heterocycles. The minimum Gasteiger partial charge on any atom is -0.460 e. The third-order valence-electron chi connectivity index (χ3n) is 4.66. The Morgan fingerprint density at radius 1 is 1.16 bits per heavy atom. The van der Waals surface area contributed by atoms with Gasteiger partial charge in [-0.3, -0.25) is 14.2 Å². The number of benzene rings is 2. The van der Waals surface area contributed by atoms with Gasteiger partial charge >= 0.3 is 12.1 Å². The number of aryl methyl sites for hydroxylation is 1. The van der Waals surface area contributed by atoms with E-state index in [2.05, 4.69) is 4.98 Å². The van der Waals surface area contributed by atoms with E-state index in [0.29, 0.717) is 22.8 Å². The third-order valence-corrected chi connectivity index (χ3v) is 6.68. The Balaban J connectivity index is 1.60. The summed E-state index contributed by atoms with van der Waals surface area (Å²) in [6.07, 6.45) is -3.96. The number of rotatable bonds is 6. The molecule has 0 aliphatic carbocycles.